The van der Waals surface area contributed by atoms with Gasteiger partial charge in [0.1, 0.15) is 0 Å². The Balaban J connectivity index is 2.60. The average molecular weight is 167 g/mol. The Morgan fingerprint density at radius 2 is 2.42 bits per heavy atom. The third-order valence-electron chi connectivity index (χ3n) is 2.07. The molecule has 0 saturated carbocycles. The minimum Gasteiger partial charge on any atom is -0.380 e. The van der Waals surface area contributed by atoms with Crippen LogP contribution in [-0.2, 0) is 9.53 Å². The molecule has 0 aromatic heterocycles. The lowest BCUT2D eigenvalue weighted by Crippen LogP contribution is -2.38. The van der Waals surface area contributed by atoms with Crippen molar-refractivity contribution >= 4 is 5.91 Å². The predicted molar refractivity (Wildman–Crippen MR) is 45.4 cm³/mol. The first-order valence-electron chi connectivity index (χ1n) is 4.10. The molecule has 0 aromatic rings. The van der Waals surface area contributed by atoms with Crippen LogP contribution in [0.15, 0.2) is 0 Å². The Morgan fingerprint density at radius 3 is 3.08 bits per heavy atom. The number of terminal acetylenes is 1. The van der Waals surface area contributed by atoms with Gasteiger partial charge >= 0.3 is 0 Å². The van der Waals surface area contributed by atoms with Gasteiger partial charge in [0.2, 0.25) is 0 Å². The van der Waals surface area contributed by atoms with E-state index >= 15 is 0 Å². The lowest BCUT2D eigenvalue weighted by molar-refractivity contribution is -0.126. The molecule has 1 rings (SSSR count). The lowest BCUT2D eigenvalue weighted by Gasteiger charge is -2.23. The summed E-state index contributed by atoms with van der Waals surface area (Å²) in [6.45, 7) is 3.92. The fourth-order valence-electron chi connectivity index (χ4n) is 1.28. The minimum absolute atomic E-state index is 0.205. The number of rotatable bonds is 0. The maximum Gasteiger partial charge on any atom is 0.298 e. The van der Waals surface area contributed by atoms with E-state index in [9.17, 15) is 4.79 Å². The smallest absolute Gasteiger partial charge is 0.298 e. The normalized spacial score (nSPS) is 24.3. The van der Waals surface area contributed by atoms with E-state index in [0.717, 1.165) is 13.0 Å². The molecular formula is C9H13NO2. The van der Waals surface area contributed by atoms with Gasteiger partial charge in [0, 0.05) is 19.2 Å². The molecule has 1 aliphatic rings. The topological polar surface area (TPSA) is 29.5 Å². The Morgan fingerprint density at radius 1 is 1.67 bits per heavy atom. The second-order valence-electron chi connectivity index (χ2n) is 2.89. The third-order valence-corrected chi connectivity index (χ3v) is 2.07. The molecule has 1 atom stereocenters. The van der Waals surface area contributed by atoms with Gasteiger partial charge in [-0.05, 0) is 19.3 Å². The van der Waals surface area contributed by atoms with E-state index in [4.69, 9.17) is 11.2 Å². The standard InChI is InChI=1S/C9H13NO2/c1-3-9(11)10-5-7-12-6-4-8(10)2/h1,8H,4-7H2,2H3. The molecule has 1 amide bonds. The summed E-state index contributed by atoms with van der Waals surface area (Å²) in [5, 5.41) is 0. The van der Waals surface area contributed by atoms with Crippen molar-refractivity contribution in [2.24, 2.45) is 0 Å². The molecule has 1 aliphatic heterocycles. The van der Waals surface area contributed by atoms with Gasteiger partial charge in [-0.15, -0.1) is 6.42 Å². The van der Waals surface area contributed by atoms with E-state index in [0.29, 0.717) is 13.2 Å². The monoisotopic (exact) mass is 167 g/mol. The number of amides is 1. The minimum atomic E-state index is -0.229. The Labute approximate surface area is 72.7 Å². The summed E-state index contributed by atoms with van der Waals surface area (Å²) < 4.78 is 5.23. The van der Waals surface area contributed by atoms with Crippen molar-refractivity contribution in [3.63, 3.8) is 0 Å². The molecule has 0 radical (unpaired) electrons. The van der Waals surface area contributed by atoms with Crippen molar-refractivity contribution in [3.8, 4) is 12.3 Å². The van der Waals surface area contributed by atoms with Crippen molar-refractivity contribution in [1.29, 1.82) is 0 Å². The first kappa shape index (κ1) is 9.08. The molecule has 1 heterocycles. The van der Waals surface area contributed by atoms with Gasteiger partial charge in [-0.3, -0.25) is 4.79 Å². The van der Waals surface area contributed by atoms with E-state index < -0.39 is 0 Å². The summed E-state index contributed by atoms with van der Waals surface area (Å²) in [5.41, 5.74) is 0. The summed E-state index contributed by atoms with van der Waals surface area (Å²) in [4.78, 5) is 12.9. The molecular weight excluding hydrogens is 154 g/mol. The van der Waals surface area contributed by atoms with Crippen LogP contribution >= 0.6 is 0 Å². The van der Waals surface area contributed by atoms with Crippen LogP contribution in [0.2, 0.25) is 0 Å². The molecule has 0 spiro atoms. The highest BCUT2D eigenvalue weighted by atomic mass is 16.5. The number of nitrogens with zero attached hydrogens (tertiary/aromatic N) is 1. The van der Waals surface area contributed by atoms with Gasteiger partial charge < -0.3 is 9.64 Å². The number of carbonyl (C=O) groups is 1. The van der Waals surface area contributed by atoms with Crippen molar-refractivity contribution < 1.29 is 9.53 Å². The van der Waals surface area contributed by atoms with Crippen LogP contribution in [0.3, 0.4) is 0 Å². The van der Waals surface area contributed by atoms with Crippen molar-refractivity contribution in [1.82, 2.24) is 4.90 Å². The number of carbonyl (C=O) groups excluding carboxylic acids is 1. The lowest BCUT2D eigenvalue weighted by atomic mass is 10.2. The van der Waals surface area contributed by atoms with Crippen LogP contribution in [0.4, 0.5) is 0 Å². The zero-order valence-electron chi connectivity index (χ0n) is 7.25. The van der Waals surface area contributed by atoms with Gasteiger partial charge in [-0.1, -0.05) is 0 Å². The molecule has 1 saturated heterocycles. The average Bonchev–Trinajstić information content (AvgIpc) is 2.28. The van der Waals surface area contributed by atoms with Gasteiger partial charge in [-0.25, -0.2) is 0 Å². The molecule has 66 valence electrons. The third kappa shape index (κ3) is 1.99. The van der Waals surface area contributed by atoms with Crippen molar-refractivity contribution in [3.05, 3.63) is 0 Å². The van der Waals surface area contributed by atoms with E-state index in [2.05, 4.69) is 5.92 Å². The van der Waals surface area contributed by atoms with Crippen LogP contribution in [0.5, 0.6) is 0 Å². The molecule has 3 nitrogen and oxygen atoms in total. The summed E-state index contributed by atoms with van der Waals surface area (Å²) in [6.07, 6.45) is 5.90. The Kier molecular flexibility index (Phi) is 3.12. The van der Waals surface area contributed by atoms with Crippen LogP contribution < -0.4 is 0 Å². The van der Waals surface area contributed by atoms with Crippen LogP contribution in [0.1, 0.15) is 13.3 Å². The largest absolute Gasteiger partial charge is 0.380 e. The molecule has 0 N–H and O–H groups in total. The highest BCUT2D eigenvalue weighted by molar-refractivity contribution is 5.93. The van der Waals surface area contributed by atoms with Crippen molar-refractivity contribution in [2.45, 2.75) is 19.4 Å². The first-order valence-corrected chi connectivity index (χ1v) is 4.10. The quantitative estimate of drug-likeness (QED) is 0.484. The maximum atomic E-state index is 11.2. The van der Waals surface area contributed by atoms with Crippen LogP contribution in [0, 0.1) is 12.3 Å². The Hall–Kier alpha value is -1.01. The van der Waals surface area contributed by atoms with Crippen molar-refractivity contribution in [2.75, 3.05) is 19.8 Å². The Bertz CT molecular complexity index is 207. The summed E-state index contributed by atoms with van der Waals surface area (Å²) >= 11 is 0. The predicted octanol–water partition coefficient (Wildman–Crippen LogP) is 0.257. The molecule has 1 fully saturated rings. The summed E-state index contributed by atoms with van der Waals surface area (Å²) in [5.74, 6) is 1.90. The van der Waals surface area contributed by atoms with Crippen LogP contribution in [0.25, 0.3) is 0 Å². The first-order chi connectivity index (χ1) is 5.75. The fraction of sp³-hybridized carbons (Fsp3) is 0.667. The highest BCUT2D eigenvalue weighted by Crippen LogP contribution is 2.07. The SMILES string of the molecule is C#CC(=O)N1CCOCCC1C. The van der Waals surface area contributed by atoms with E-state index in [1.807, 2.05) is 6.92 Å². The van der Waals surface area contributed by atoms with Gasteiger partial charge in [-0.2, -0.15) is 0 Å². The molecule has 1 unspecified atom stereocenters. The van der Waals surface area contributed by atoms with Gasteiger partial charge in [0.05, 0.1) is 6.61 Å². The number of hydrogen-bond donors (Lipinski definition) is 0. The zero-order valence-corrected chi connectivity index (χ0v) is 7.25. The van der Waals surface area contributed by atoms with E-state index in [-0.39, 0.29) is 11.9 Å². The summed E-state index contributed by atoms with van der Waals surface area (Å²) in [6, 6.07) is 0.205. The van der Waals surface area contributed by atoms with E-state index in [1.54, 1.807) is 4.90 Å². The molecule has 0 bridgehead atoms. The fourth-order valence-corrected chi connectivity index (χ4v) is 1.28. The second kappa shape index (κ2) is 4.13. The van der Waals surface area contributed by atoms with E-state index in [1.165, 1.54) is 0 Å². The van der Waals surface area contributed by atoms with Gasteiger partial charge in [0.15, 0.2) is 0 Å². The molecule has 3 heteroatoms. The highest BCUT2D eigenvalue weighted by Gasteiger charge is 2.20. The molecule has 12 heavy (non-hydrogen) atoms. The maximum absolute atomic E-state index is 11.2. The zero-order chi connectivity index (χ0) is 8.97. The molecule has 0 aromatic carbocycles. The molecule has 0 aliphatic carbocycles. The van der Waals surface area contributed by atoms with Gasteiger partial charge in [0.25, 0.3) is 5.91 Å². The van der Waals surface area contributed by atoms with Crippen LogP contribution in [-0.4, -0.2) is 36.6 Å². The number of ether oxygens (including phenoxy) is 1. The summed E-state index contributed by atoms with van der Waals surface area (Å²) in [7, 11) is 0. The second-order valence-corrected chi connectivity index (χ2v) is 2.89. The number of hydrogen-bond acceptors (Lipinski definition) is 2.